The van der Waals surface area contributed by atoms with Crippen LogP contribution in [0.2, 0.25) is 0 Å². The summed E-state index contributed by atoms with van der Waals surface area (Å²) >= 11 is 0.493. The molecule has 5 nitrogen and oxygen atoms in total. The largest absolute Gasteiger partial charge is 0.371 e. The second kappa shape index (κ2) is 2.80. The predicted octanol–water partition coefficient (Wildman–Crippen LogP) is -0.0671. The highest BCUT2D eigenvalue weighted by atomic mass is 32.2. The van der Waals surface area contributed by atoms with E-state index in [9.17, 15) is 4.79 Å². The summed E-state index contributed by atoms with van der Waals surface area (Å²) < 4.78 is 8.54. The van der Waals surface area contributed by atoms with Crippen LogP contribution in [0.4, 0.5) is 4.79 Å². The van der Waals surface area contributed by atoms with Gasteiger partial charge in [0.05, 0.1) is 6.67 Å². The Hall–Kier alpha value is -0.880. The highest BCUT2D eigenvalue weighted by Gasteiger charge is 2.18. The monoisotopic (exact) mass is 161 g/mol. The average Bonchev–Trinajstić information content (AvgIpc) is 2.33. The van der Waals surface area contributed by atoms with Gasteiger partial charge in [0.15, 0.2) is 0 Å². The van der Waals surface area contributed by atoms with E-state index >= 15 is 0 Å². The Kier molecular flexibility index (Phi) is 2.03. The van der Waals surface area contributed by atoms with E-state index < -0.39 is 6.03 Å². The lowest BCUT2D eigenvalue weighted by Crippen LogP contribution is -2.34. The Balaban J connectivity index is 2.63. The van der Waals surface area contributed by atoms with Crippen LogP contribution < -0.4 is 11.1 Å². The molecule has 0 atom stereocenters. The fraction of sp³-hybridized carbons (Fsp3) is 0.250. The number of hydrogen-bond donors (Lipinski definition) is 3. The smallest absolute Gasteiger partial charge is 0.321 e. The van der Waals surface area contributed by atoms with Crippen LogP contribution in [0.25, 0.3) is 0 Å². The van der Waals surface area contributed by atoms with Crippen molar-refractivity contribution in [1.82, 2.24) is 10.2 Å². The molecule has 1 heterocycles. The number of nitrogens with zero attached hydrogens (tertiary/aromatic N) is 1. The third-order valence-electron chi connectivity index (χ3n) is 1.10. The van der Waals surface area contributed by atoms with Crippen molar-refractivity contribution in [3.63, 3.8) is 0 Å². The van der Waals surface area contributed by atoms with Crippen LogP contribution in [0.15, 0.2) is 11.2 Å². The molecule has 0 bridgehead atoms. The van der Waals surface area contributed by atoms with Crippen LogP contribution in [0.5, 0.6) is 0 Å². The maximum Gasteiger partial charge on any atom is 0.321 e. The lowest BCUT2D eigenvalue weighted by molar-refractivity contribution is 0.225. The molecule has 1 rings (SSSR count). The standard InChI is InChI=1S/C4H7N3O2S/c5-4(8)7-2-6-1-3(7)10-9/h1,6,9H,2H2,(H2,5,8). The average molecular weight is 161 g/mol. The van der Waals surface area contributed by atoms with E-state index in [1.165, 1.54) is 11.1 Å². The molecule has 4 N–H and O–H groups in total. The Bertz CT molecular complexity index is 181. The molecule has 0 radical (unpaired) electrons. The molecule has 0 saturated carbocycles. The molecule has 6 heteroatoms. The van der Waals surface area contributed by atoms with Crippen molar-refractivity contribution < 1.29 is 9.35 Å². The van der Waals surface area contributed by atoms with Gasteiger partial charge in [-0.1, -0.05) is 0 Å². The number of rotatable bonds is 1. The summed E-state index contributed by atoms with van der Waals surface area (Å²) in [7, 11) is 0. The van der Waals surface area contributed by atoms with Crippen LogP contribution in [-0.2, 0) is 0 Å². The number of nitrogens with two attached hydrogens (primary N) is 1. The lowest BCUT2D eigenvalue weighted by Gasteiger charge is -2.12. The van der Waals surface area contributed by atoms with Crippen molar-refractivity contribution in [3.8, 4) is 0 Å². The molecule has 2 amide bonds. The SMILES string of the molecule is NC(=O)N1CNC=C1SO. The summed E-state index contributed by atoms with van der Waals surface area (Å²) in [5, 5.41) is 3.16. The third kappa shape index (κ3) is 1.17. The first-order valence-corrected chi connectivity index (χ1v) is 3.35. The molecule has 0 aliphatic carbocycles. The Labute approximate surface area is 62.1 Å². The molecule has 56 valence electrons. The van der Waals surface area contributed by atoms with Gasteiger partial charge in [0.1, 0.15) is 5.03 Å². The highest BCUT2D eigenvalue weighted by molar-refractivity contribution is 7.97. The lowest BCUT2D eigenvalue weighted by atomic mass is 10.8. The fourth-order valence-electron chi connectivity index (χ4n) is 0.642. The second-order valence-corrected chi connectivity index (χ2v) is 2.30. The van der Waals surface area contributed by atoms with Gasteiger partial charge >= 0.3 is 6.03 Å². The molecule has 0 aromatic carbocycles. The summed E-state index contributed by atoms with van der Waals surface area (Å²) in [6.07, 6.45) is 1.52. The van der Waals surface area contributed by atoms with E-state index in [-0.39, 0.29) is 0 Å². The van der Waals surface area contributed by atoms with Gasteiger partial charge in [-0.25, -0.2) is 4.79 Å². The molecule has 1 aliphatic rings. The zero-order valence-electron chi connectivity index (χ0n) is 5.07. The van der Waals surface area contributed by atoms with Crippen molar-refractivity contribution in [1.29, 1.82) is 0 Å². The van der Waals surface area contributed by atoms with Crippen molar-refractivity contribution in [2.24, 2.45) is 5.73 Å². The van der Waals surface area contributed by atoms with Gasteiger partial charge in [-0.15, -0.1) is 0 Å². The predicted molar refractivity (Wildman–Crippen MR) is 37.7 cm³/mol. The molecule has 0 unspecified atom stereocenters. The van der Waals surface area contributed by atoms with Gasteiger partial charge in [-0.3, -0.25) is 4.90 Å². The molecule has 0 saturated heterocycles. The number of carbonyl (C=O) groups excluding carboxylic acids is 1. The van der Waals surface area contributed by atoms with Crippen LogP contribution >= 0.6 is 12.0 Å². The minimum atomic E-state index is -0.571. The van der Waals surface area contributed by atoms with E-state index in [4.69, 9.17) is 10.3 Å². The number of hydrogen-bond acceptors (Lipinski definition) is 4. The molecule has 0 fully saturated rings. The molecular weight excluding hydrogens is 154 g/mol. The Morgan fingerprint density at radius 3 is 3.10 bits per heavy atom. The van der Waals surface area contributed by atoms with Gasteiger partial charge < -0.3 is 15.6 Å². The van der Waals surface area contributed by atoms with Crippen molar-refractivity contribution in [3.05, 3.63) is 11.2 Å². The third-order valence-corrected chi connectivity index (χ3v) is 1.63. The van der Waals surface area contributed by atoms with E-state index in [1.54, 1.807) is 0 Å². The molecule has 10 heavy (non-hydrogen) atoms. The van der Waals surface area contributed by atoms with Gasteiger partial charge in [-0.05, 0) is 0 Å². The van der Waals surface area contributed by atoms with Crippen molar-refractivity contribution >= 4 is 18.1 Å². The number of carbonyl (C=O) groups is 1. The molecule has 0 aromatic heterocycles. The number of primary amides is 1. The summed E-state index contributed by atoms with van der Waals surface area (Å²) in [5.41, 5.74) is 4.95. The Morgan fingerprint density at radius 2 is 2.70 bits per heavy atom. The van der Waals surface area contributed by atoms with E-state index in [2.05, 4.69) is 5.32 Å². The highest BCUT2D eigenvalue weighted by Crippen LogP contribution is 2.17. The van der Waals surface area contributed by atoms with Crippen LogP contribution in [0.3, 0.4) is 0 Å². The summed E-state index contributed by atoms with van der Waals surface area (Å²) in [4.78, 5) is 11.7. The zero-order chi connectivity index (χ0) is 7.56. The Morgan fingerprint density at radius 1 is 2.00 bits per heavy atom. The van der Waals surface area contributed by atoms with Crippen molar-refractivity contribution in [2.75, 3.05) is 6.67 Å². The van der Waals surface area contributed by atoms with Gasteiger partial charge in [0.2, 0.25) is 0 Å². The summed E-state index contributed by atoms with van der Waals surface area (Å²) in [6, 6.07) is -0.571. The molecule has 0 aromatic rings. The second-order valence-electron chi connectivity index (χ2n) is 1.70. The van der Waals surface area contributed by atoms with E-state index in [1.807, 2.05) is 0 Å². The molecule has 1 aliphatic heterocycles. The van der Waals surface area contributed by atoms with Gasteiger partial charge in [-0.2, -0.15) is 0 Å². The number of amides is 2. The first-order valence-electron chi connectivity index (χ1n) is 2.57. The minimum Gasteiger partial charge on any atom is -0.371 e. The fourth-order valence-corrected chi connectivity index (χ4v) is 1.03. The zero-order valence-corrected chi connectivity index (χ0v) is 5.89. The van der Waals surface area contributed by atoms with Crippen LogP contribution in [0, 0.1) is 0 Å². The summed E-state index contributed by atoms with van der Waals surface area (Å²) in [6.45, 7) is 0.332. The van der Waals surface area contributed by atoms with Crippen LogP contribution in [-0.4, -0.2) is 22.2 Å². The first-order chi connectivity index (χ1) is 4.75. The topological polar surface area (TPSA) is 78.6 Å². The minimum absolute atomic E-state index is 0.332. The quantitative estimate of drug-likeness (QED) is 0.470. The molecule has 0 spiro atoms. The first kappa shape index (κ1) is 7.23. The molecular formula is C4H7N3O2S. The summed E-state index contributed by atoms with van der Waals surface area (Å²) in [5.74, 6) is 0. The van der Waals surface area contributed by atoms with E-state index in [0.29, 0.717) is 23.7 Å². The van der Waals surface area contributed by atoms with Crippen LogP contribution in [0.1, 0.15) is 0 Å². The number of urea groups is 1. The van der Waals surface area contributed by atoms with Crippen molar-refractivity contribution in [2.45, 2.75) is 0 Å². The normalized spacial score (nSPS) is 16.5. The van der Waals surface area contributed by atoms with E-state index in [0.717, 1.165) is 0 Å². The maximum absolute atomic E-state index is 10.5. The van der Waals surface area contributed by atoms with Gasteiger partial charge in [0.25, 0.3) is 0 Å². The van der Waals surface area contributed by atoms with Gasteiger partial charge in [0, 0.05) is 18.2 Å². The number of nitrogens with one attached hydrogen (secondary N) is 1. The maximum atomic E-state index is 10.5.